The zero-order valence-electron chi connectivity index (χ0n) is 5.51. The van der Waals surface area contributed by atoms with Crippen molar-refractivity contribution in [1.82, 2.24) is 0 Å². The number of rotatable bonds is 0. The summed E-state index contributed by atoms with van der Waals surface area (Å²) in [6.45, 7) is 0. The van der Waals surface area contributed by atoms with Crippen LogP contribution in [0.25, 0.3) is 0 Å². The summed E-state index contributed by atoms with van der Waals surface area (Å²) >= 11 is 0. The molecule has 0 aromatic heterocycles. The van der Waals surface area contributed by atoms with Crippen LogP contribution in [-0.4, -0.2) is 0 Å². The third kappa shape index (κ3) is 23.2. The molecule has 0 saturated carbocycles. The Hall–Kier alpha value is -1.13. The maximum absolute atomic E-state index is 2.00. The average Bonchev–Trinajstić information content (AvgIpc) is 1.72. The molecular weight excluding hydrogens is 179 g/mol. The number of halogens is 5. The van der Waals surface area contributed by atoms with Crippen molar-refractivity contribution in [1.29, 1.82) is 0 Å². The largest absolute Gasteiger partial charge is 0.269 e. The summed E-state index contributed by atoms with van der Waals surface area (Å²) in [5, 5.41) is 0. The molecule has 0 amide bonds. The van der Waals surface area contributed by atoms with E-state index in [1.165, 1.54) is 0 Å². The van der Waals surface area contributed by atoms with Crippen LogP contribution in [0.4, 0.5) is 23.5 Å². The summed E-state index contributed by atoms with van der Waals surface area (Å²) < 4.78 is 0. The van der Waals surface area contributed by atoms with Gasteiger partial charge in [0, 0.05) is 0 Å². The molecule has 0 unspecified atom stereocenters. The molecule has 1 rings (SSSR count). The second-order valence-corrected chi connectivity index (χ2v) is 1.15. The van der Waals surface area contributed by atoms with Gasteiger partial charge >= 0.3 is 0 Å². The Balaban J connectivity index is -0.0000000150. The zero-order chi connectivity index (χ0) is 4.24. The van der Waals surface area contributed by atoms with Gasteiger partial charge in [-0.1, -0.05) is 43.8 Å². The molecule has 0 radical (unpaired) electrons. The van der Waals surface area contributed by atoms with Gasteiger partial charge < -0.3 is 0 Å². The second kappa shape index (κ2) is 32.7. The van der Waals surface area contributed by atoms with E-state index in [1.54, 1.807) is 0 Å². The summed E-state index contributed by atoms with van der Waals surface area (Å²) in [7, 11) is 0. The van der Waals surface area contributed by atoms with Gasteiger partial charge in [0.2, 0.25) is 0 Å². The molecule has 0 fully saturated rings. The molecule has 1 aromatic carbocycles. The molecule has 0 bridgehead atoms. The highest BCUT2D eigenvalue weighted by Gasteiger charge is 1.57. The third-order valence-corrected chi connectivity index (χ3v) is 0.667. The first-order valence-corrected chi connectivity index (χ1v) is 2.00. The standard InChI is InChI=1S/C6H6.CH4.5FH/c1-2-4-6-5-3-1;;;;;;/h1-6H;1H4;5*1H. The normalized spacial score (nSPS) is 4.00. The van der Waals surface area contributed by atoms with Gasteiger partial charge in [0.15, 0.2) is 0 Å². The molecule has 0 aliphatic rings. The van der Waals surface area contributed by atoms with E-state index >= 15 is 0 Å². The predicted molar refractivity (Wildman–Crippen MR) is 45.7 cm³/mol. The number of hydrogen-bond donors (Lipinski definition) is 0. The average molecular weight is 194 g/mol. The molecule has 0 heterocycles. The van der Waals surface area contributed by atoms with E-state index < -0.39 is 0 Å². The van der Waals surface area contributed by atoms with Crippen LogP contribution in [0.3, 0.4) is 0 Å². The monoisotopic (exact) mass is 194 g/mol. The quantitative estimate of drug-likeness (QED) is 0.557. The topological polar surface area (TPSA) is 0 Å². The van der Waals surface area contributed by atoms with E-state index in [-0.39, 0.29) is 30.9 Å². The van der Waals surface area contributed by atoms with Crippen LogP contribution in [0.5, 0.6) is 0 Å². The van der Waals surface area contributed by atoms with Crippen LogP contribution in [0.15, 0.2) is 36.4 Å². The van der Waals surface area contributed by atoms with Crippen molar-refractivity contribution in [2.24, 2.45) is 0 Å². The Kier molecular flexibility index (Phi) is 122. The molecule has 78 valence electrons. The lowest BCUT2D eigenvalue weighted by molar-refractivity contribution is 1.11. The van der Waals surface area contributed by atoms with Crippen molar-refractivity contribution in [2.45, 2.75) is 7.43 Å². The Morgan fingerprint density at radius 2 is 0.417 bits per heavy atom. The summed E-state index contributed by atoms with van der Waals surface area (Å²) in [6, 6.07) is 12.0. The van der Waals surface area contributed by atoms with Crippen LogP contribution in [0.2, 0.25) is 0 Å². The van der Waals surface area contributed by atoms with Gasteiger partial charge in [0.25, 0.3) is 0 Å². The Morgan fingerprint density at radius 3 is 0.500 bits per heavy atom. The number of benzene rings is 1. The third-order valence-electron chi connectivity index (χ3n) is 0.667. The summed E-state index contributed by atoms with van der Waals surface area (Å²) in [6.07, 6.45) is 0. The minimum absolute atomic E-state index is 0. The van der Waals surface area contributed by atoms with Crippen molar-refractivity contribution >= 4 is 0 Å². The van der Waals surface area contributed by atoms with Crippen LogP contribution in [-0.2, 0) is 0 Å². The van der Waals surface area contributed by atoms with Gasteiger partial charge in [-0.2, -0.15) is 0 Å². The van der Waals surface area contributed by atoms with E-state index in [0.717, 1.165) is 0 Å². The van der Waals surface area contributed by atoms with Crippen LogP contribution in [0.1, 0.15) is 7.43 Å². The highest BCUT2D eigenvalue weighted by molar-refractivity contribution is 4.99. The van der Waals surface area contributed by atoms with E-state index in [0.29, 0.717) is 0 Å². The van der Waals surface area contributed by atoms with Gasteiger partial charge in [0.05, 0.1) is 0 Å². The van der Waals surface area contributed by atoms with Crippen molar-refractivity contribution in [2.75, 3.05) is 0 Å². The lowest BCUT2D eigenvalue weighted by atomic mass is 10.4. The van der Waals surface area contributed by atoms with E-state index in [1.807, 2.05) is 36.4 Å². The van der Waals surface area contributed by atoms with Crippen LogP contribution < -0.4 is 0 Å². The van der Waals surface area contributed by atoms with Gasteiger partial charge in [-0.3, -0.25) is 23.5 Å². The van der Waals surface area contributed by atoms with Gasteiger partial charge in [0.1, 0.15) is 0 Å². The molecule has 0 saturated heterocycles. The summed E-state index contributed by atoms with van der Waals surface area (Å²) in [4.78, 5) is 0. The van der Waals surface area contributed by atoms with Gasteiger partial charge in [-0.15, -0.1) is 0 Å². The van der Waals surface area contributed by atoms with E-state index in [2.05, 4.69) is 0 Å². The van der Waals surface area contributed by atoms with Crippen molar-refractivity contribution in [3.05, 3.63) is 36.4 Å². The maximum atomic E-state index is 2.00. The molecule has 1 aromatic rings. The van der Waals surface area contributed by atoms with Crippen molar-refractivity contribution in [3.63, 3.8) is 0 Å². The van der Waals surface area contributed by atoms with Crippen molar-refractivity contribution < 1.29 is 23.5 Å². The maximum Gasteiger partial charge on any atom is -0.0623 e. The molecule has 0 spiro atoms. The molecular formula is C7H15F5. The lowest BCUT2D eigenvalue weighted by Gasteiger charge is -1.69. The van der Waals surface area contributed by atoms with Gasteiger partial charge in [-0.25, -0.2) is 0 Å². The SMILES string of the molecule is C.F.F.F.F.F.c1ccccc1. The molecule has 0 aliphatic carbocycles. The fraction of sp³-hybridized carbons (Fsp3) is 0.143. The van der Waals surface area contributed by atoms with Crippen LogP contribution >= 0.6 is 0 Å². The highest BCUT2D eigenvalue weighted by atomic mass is 19.0. The first-order chi connectivity index (χ1) is 3.00. The predicted octanol–water partition coefficient (Wildman–Crippen LogP) is 3.09. The van der Waals surface area contributed by atoms with Crippen molar-refractivity contribution in [3.8, 4) is 0 Å². The molecule has 0 aliphatic heterocycles. The first kappa shape index (κ1) is 44.6. The Morgan fingerprint density at radius 1 is 0.333 bits per heavy atom. The Bertz CT molecular complexity index is 83.7. The fourth-order valence-electron chi connectivity index (χ4n) is 0.385. The zero-order valence-corrected chi connectivity index (χ0v) is 5.51. The summed E-state index contributed by atoms with van der Waals surface area (Å²) in [5.74, 6) is 0. The first-order valence-electron chi connectivity index (χ1n) is 2.00. The minimum atomic E-state index is 0. The molecule has 0 nitrogen and oxygen atoms in total. The minimum Gasteiger partial charge on any atom is -0.269 e. The molecule has 0 atom stereocenters. The Labute approximate surface area is 68.4 Å². The van der Waals surface area contributed by atoms with E-state index in [4.69, 9.17) is 0 Å². The number of hydrogen-bond acceptors (Lipinski definition) is 0. The summed E-state index contributed by atoms with van der Waals surface area (Å²) in [5.41, 5.74) is 0. The second-order valence-electron chi connectivity index (χ2n) is 1.15. The lowest BCUT2D eigenvalue weighted by Crippen LogP contribution is -1.47. The smallest absolute Gasteiger partial charge is 0.0623 e. The molecule has 0 N–H and O–H groups in total. The van der Waals surface area contributed by atoms with E-state index in [9.17, 15) is 0 Å². The van der Waals surface area contributed by atoms with Gasteiger partial charge in [-0.05, 0) is 0 Å². The van der Waals surface area contributed by atoms with Crippen LogP contribution in [0, 0.1) is 0 Å². The fourth-order valence-corrected chi connectivity index (χ4v) is 0.385. The molecule has 12 heavy (non-hydrogen) atoms. The highest BCUT2D eigenvalue weighted by Crippen LogP contribution is 1.79. The molecule has 5 heteroatoms.